The van der Waals surface area contributed by atoms with Gasteiger partial charge in [0.25, 0.3) is 0 Å². The molecule has 0 radical (unpaired) electrons. The van der Waals surface area contributed by atoms with Crippen molar-refractivity contribution in [1.29, 1.82) is 0 Å². The molecule has 0 aromatic carbocycles. The molecule has 1 N–H and O–H groups in total. The van der Waals surface area contributed by atoms with Gasteiger partial charge in [-0.05, 0) is 38.3 Å². The zero-order valence-electron chi connectivity index (χ0n) is 9.74. The van der Waals surface area contributed by atoms with Gasteiger partial charge in [0.05, 0.1) is 0 Å². The molecule has 0 amide bonds. The fourth-order valence-electron chi connectivity index (χ4n) is 1.19. The Bertz CT molecular complexity index is 142. The molecule has 0 rings (SSSR count). The Morgan fingerprint density at radius 2 is 1.77 bits per heavy atom. The average Bonchev–Trinajstić information content (AvgIpc) is 2.02. The predicted octanol–water partition coefficient (Wildman–Crippen LogP) is 3.37. The van der Waals surface area contributed by atoms with Crippen LogP contribution in [0.1, 0.15) is 46.5 Å². The summed E-state index contributed by atoms with van der Waals surface area (Å²) in [6, 6.07) is 0. The Morgan fingerprint density at radius 3 is 2.23 bits per heavy atom. The van der Waals surface area contributed by atoms with Crippen molar-refractivity contribution >= 4 is 0 Å². The van der Waals surface area contributed by atoms with E-state index in [1.165, 1.54) is 31.3 Å². The summed E-state index contributed by atoms with van der Waals surface area (Å²) in [5, 5.41) is 3.16. The second-order valence-electron chi connectivity index (χ2n) is 4.77. The van der Waals surface area contributed by atoms with Crippen LogP contribution in [0.15, 0.2) is 12.2 Å². The van der Waals surface area contributed by atoms with Gasteiger partial charge in [-0.2, -0.15) is 0 Å². The van der Waals surface area contributed by atoms with E-state index in [9.17, 15) is 0 Å². The fourth-order valence-corrected chi connectivity index (χ4v) is 1.19. The third-order valence-corrected chi connectivity index (χ3v) is 2.47. The van der Waals surface area contributed by atoms with Crippen molar-refractivity contribution in [3.63, 3.8) is 0 Å². The van der Waals surface area contributed by atoms with Gasteiger partial charge < -0.3 is 5.32 Å². The second kappa shape index (κ2) is 6.20. The maximum atomic E-state index is 4.13. The molecule has 0 unspecified atom stereocenters. The first-order valence-corrected chi connectivity index (χ1v) is 5.31. The Labute approximate surface area is 83.6 Å². The summed E-state index contributed by atoms with van der Waals surface area (Å²) in [4.78, 5) is 0. The van der Waals surface area contributed by atoms with Crippen LogP contribution in [0, 0.1) is 5.41 Å². The lowest BCUT2D eigenvalue weighted by Gasteiger charge is -2.21. The summed E-state index contributed by atoms with van der Waals surface area (Å²) >= 11 is 0. The zero-order chi connectivity index (χ0) is 10.3. The molecule has 0 fully saturated rings. The average molecular weight is 183 g/mol. The van der Waals surface area contributed by atoms with Crippen LogP contribution >= 0.6 is 0 Å². The summed E-state index contributed by atoms with van der Waals surface area (Å²) in [6.07, 6.45) is 5.08. The minimum absolute atomic E-state index is 0.295. The predicted molar refractivity (Wildman–Crippen MR) is 61.0 cm³/mol. The molecule has 0 bridgehead atoms. The van der Waals surface area contributed by atoms with E-state index in [4.69, 9.17) is 0 Å². The van der Waals surface area contributed by atoms with Crippen LogP contribution in [0.5, 0.6) is 0 Å². The number of allylic oxidation sites excluding steroid dienone is 1. The van der Waals surface area contributed by atoms with Crippen LogP contribution in [0.25, 0.3) is 0 Å². The molecular formula is C12H25N. The van der Waals surface area contributed by atoms with Crippen molar-refractivity contribution in [2.24, 2.45) is 5.41 Å². The van der Waals surface area contributed by atoms with E-state index in [1.807, 2.05) is 7.05 Å². The summed E-state index contributed by atoms with van der Waals surface area (Å²) in [5.74, 6) is 0. The van der Waals surface area contributed by atoms with Gasteiger partial charge in [-0.25, -0.2) is 0 Å². The molecular weight excluding hydrogens is 158 g/mol. The maximum absolute atomic E-state index is 4.13. The zero-order valence-corrected chi connectivity index (χ0v) is 9.74. The Balaban J connectivity index is 3.38. The van der Waals surface area contributed by atoms with Crippen LogP contribution in [0.2, 0.25) is 0 Å². The molecule has 0 aliphatic heterocycles. The van der Waals surface area contributed by atoms with E-state index in [0.29, 0.717) is 5.41 Å². The first-order chi connectivity index (χ1) is 5.98. The van der Waals surface area contributed by atoms with E-state index < -0.39 is 0 Å². The van der Waals surface area contributed by atoms with Crippen LogP contribution in [-0.4, -0.2) is 13.6 Å². The van der Waals surface area contributed by atoms with Crippen LogP contribution in [0.4, 0.5) is 0 Å². The number of rotatable bonds is 6. The number of nitrogens with one attached hydrogen (secondary N) is 1. The van der Waals surface area contributed by atoms with Gasteiger partial charge in [-0.1, -0.05) is 39.3 Å². The molecule has 78 valence electrons. The summed E-state index contributed by atoms with van der Waals surface area (Å²) in [6.45, 7) is 12.0. The van der Waals surface area contributed by atoms with Gasteiger partial charge in [0.15, 0.2) is 0 Å². The molecule has 1 heteroatoms. The summed E-state index contributed by atoms with van der Waals surface area (Å²) < 4.78 is 0. The maximum Gasteiger partial charge on any atom is -0.00519 e. The van der Waals surface area contributed by atoms with Crippen LogP contribution in [-0.2, 0) is 0 Å². The highest BCUT2D eigenvalue weighted by atomic mass is 14.8. The molecule has 0 spiro atoms. The van der Waals surface area contributed by atoms with Crippen molar-refractivity contribution in [3.05, 3.63) is 12.2 Å². The van der Waals surface area contributed by atoms with Crippen LogP contribution < -0.4 is 5.32 Å². The molecule has 0 saturated heterocycles. The van der Waals surface area contributed by atoms with Crippen LogP contribution in [0.3, 0.4) is 0 Å². The highest BCUT2D eigenvalue weighted by Crippen LogP contribution is 2.27. The second-order valence-corrected chi connectivity index (χ2v) is 4.77. The van der Waals surface area contributed by atoms with Crippen molar-refractivity contribution < 1.29 is 0 Å². The molecule has 0 aromatic heterocycles. The minimum Gasteiger partial charge on any atom is -0.320 e. The molecule has 0 atom stereocenters. The van der Waals surface area contributed by atoms with E-state index in [-0.39, 0.29) is 0 Å². The van der Waals surface area contributed by atoms with Crippen molar-refractivity contribution in [2.75, 3.05) is 13.6 Å². The topological polar surface area (TPSA) is 12.0 Å². The lowest BCUT2D eigenvalue weighted by Crippen LogP contribution is -2.09. The Morgan fingerprint density at radius 1 is 1.15 bits per heavy atom. The molecule has 0 aromatic rings. The quantitative estimate of drug-likeness (QED) is 0.492. The molecule has 1 nitrogen and oxygen atoms in total. The van der Waals surface area contributed by atoms with E-state index >= 15 is 0 Å². The lowest BCUT2D eigenvalue weighted by molar-refractivity contribution is 0.473. The summed E-state index contributed by atoms with van der Waals surface area (Å²) in [5.41, 5.74) is 1.68. The van der Waals surface area contributed by atoms with Crippen molar-refractivity contribution in [2.45, 2.75) is 46.5 Å². The minimum atomic E-state index is 0.295. The van der Waals surface area contributed by atoms with Gasteiger partial charge in [-0.15, -0.1) is 0 Å². The molecule has 0 saturated carbocycles. The fraction of sp³-hybridized carbons (Fsp3) is 0.833. The third kappa shape index (κ3) is 6.83. The van der Waals surface area contributed by atoms with Gasteiger partial charge >= 0.3 is 0 Å². The standard InChI is InChI=1S/C12H25N/c1-11(12(2,3)4)9-7-6-8-10-13-5/h13H,1,6-10H2,2-5H3. The van der Waals surface area contributed by atoms with Gasteiger partial charge in [0.1, 0.15) is 0 Å². The normalized spacial score (nSPS) is 11.7. The number of hydrogen-bond acceptors (Lipinski definition) is 1. The SMILES string of the molecule is C=C(CCCCCNC)C(C)(C)C. The van der Waals surface area contributed by atoms with Crippen molar-refractivity contribution in [3.8, 4) is 0 Å². The van der Waals surface area contributed by atoms with Gasteiger partial charge in [0.2, 0.25) is 0 Å². The third-order valence-electron chi connectivity index (χ3n) is 2.47. The monoisotopic (exact) mass is 183 g/mol. The Hall–Kier alpha value is -0.300. The first kappa shape index (κ1) is 12.7. The van der Waals surface area contributed by atoms with Crippen molar-refractivity contribution in [1.82, 2.24) is 5.32 Å². The smallest absolute Gasteiger partial charge is 0.00519 e. The highest BCUT2D eigenvalue weighted by molar-refractivity contribution is 5.04. The van der Waals surface area contributed by atoms with E-state index in [2.05, 4.69) is 32.7 Å². The highest BCUT2D eigenvalue weighted by Gasteiger charge is 2.13. The lowest BCUT2D eigenvalue weighted by atomic mass is 9.84. The molecule has 0 aliphatic carbocycles. The number of unbranched alkanes of at least 4 members (excludes halogenated alkanes) is 2. The number of hydrogen-bond donors (Lipinski definition) is 1. The molecule has 0 aliphatic rings. The molecule has 13 heavy (non-hydrogen) atoms. The summed E-state index contributed by atoms with van der Waals surface area (Å²) in [7, 11) is 2.01. The largest absolute Gasteiger partial charge is 0.320 e. The first-order valence-electron chi connectivity index (χ1n) is 5.31. The van der Waals surface area contributed by atoms with Gasteiger partial charge in [-0.3, -0.25) is 0 Å². The molecule has 0 heterocycles. The Kier molecular flexibility index (Phi) is 6.06. The van der Waals surface area contributed by atoms with E-state index in [1.54, 1.807) is 0 Å². The van der Waals surface area contributed by atoms with E-state index in [0.717, 1.165) is 6.54 Å². The van der Waals surface area contributed by atoms with Gasteiger partial charge in [0, 0.05) is 0 Å².